The maximum absolute atomic E-state index is 14.1. The molecule has 0 fully saturated rings. The average molecular weight is 364 g/mol. The molecule has 0 aliphatic carbocycles. The number of pyridine rings is 1. The molecule has 1 N–H and O–H groups in total. The number of rotatable bonds is 3. The van der Waals surface area contributed by atoms with E-state index in [2.05, 4.69) is 4.98 Å². The molecular formula is C17H15ClFN3O3. The van der Waals surface area contributed by atoms with E-state index in [1.807, 2.05) is 0 Å². The van der Waals surface area contributed by atoms with Crippen LogP contribution in [0.2, 0.25) is 5.02 Å². The minimum Gasteiger partial charge on any atom is -0.478 e. The lowest BCUT2D eigenvalue weighted by molar-refractivity contribution is 0.0696. The molecule has 1 unspecified atom stereocenters. The maximum Gasteiger partial charge on any atom is 0.337 e. The third kappa shape index (κ3) is 2.91. The zero-order chi connectivity index (χ0) is 18.3. The van der Waals surface area contributed by atoms with E-state index in [-0.39, 0.29) is 34.8 Å². The van der Waals surface area contributed by atoms with Crippen LogP contribution in [-0.4, -0.2) is 34.0 Å². The van der Waals surface area contributed by atoms with Gasteiger partial charge in [0.2, 0.25) is 0 Å². The van der Waals surface area contributed by atoms with Crippen LogP contribution in [0.3, 0.4) is 0 Å². The summed E-state index contributed by atoms with van der Waals surface area (Å²) in [6, 6.07) is 4.93. The molecular weight excluding hydrogens is 349 g/mol. The number of urea groups is 1. The van der Waals surface area contributed by atoms with Crippen LogP contribution < -0.4 is 4.90 Å². The molecule has 1 aromatic heterocycles. The van der Waals surface area contributed by atoms with E-state index in [0.29, 0.717) is 11.4 Å². The second kappa shape index (κ2) is 6.33. The van der Waals surface area contributed by atoms with Crippen LogP contribution >= 0.6 is 11.6 Å². The van der Waals surface area contributed by atoms with Crippen molar-refractivity contribution in [1.29, 1.82) is 0 Å². The number of carboxylic acids is 1. The van der Waals surface area contributed by atoms with E-state index < -0.39 is 11.8 Å². The molecule has 0 saturated heterocycles. The van der Waals surface area contributed by atoms with Crippen molar-refractivity contribution in [2.75, 3.05) is 11.9 Å². The zero-order valence-electron chi connectivity index (χ0n) is 13.5. The van der Waals surface area contributed by atoms with E-state index in [9.17, 15) is 19.1 Å². The Bertz CT molecular complexity index is 854. The van der Waals surface area contributed by atoms with E-state index in [1.165, 1.54) is 40.3 Å². The Morgan fingerprint density at radius 2 is 2.16 bits per heavy atom. The molecule has 2 aromatic rings. The highest BCUT2D eigenvalue weighted by Gasteiger charge is 2.35. The maximum atomic E-state index is 14.1. The van der Waals surface area contributed by atoms with Crippen molar-refractivity contribution in [1.82, 2.24) is 9.88 Å². The summed E-state index contributed by atoms with van der Waals surface area (Å²) in [5.41, 5.74) is 0.995. The van der Waals surface area contributed by atoms with Gasteiger partial charge in [0.05, 0.1) is 29.5 Å². The molecule has 6 nitrogen and oxygen atoms in total. The fourth-order valence-electron chi connectivity index (χ4n) is 2.76. The summed E-state index contributed by atoms with van der Waals surface area (Å²) in [4.78, 5) is 30.9. The topological polar surface area (TPSA) is 73.7 Å². The Morgan fingerprint density at radius 1 is 1.44 bits per heavy atom. The average Bonchev–Trinajstić information content (AvgIpc) is 2.58. The highest BCUT2D eigenvalue weighted by atomic mass is 35.5. The van der Waals surface area contributed by atoms with Crippen LogP contribution in [-0.2, 0) is 6.54 Å². The van der Waals surface area contributed by atoms with Gasteiger partial charge in [-0.2, -0.15) is 0 Å². The summed E-state index contributed by atoms with van der Waals surface area (Å²) in [6.45, 7) is 1.66. The fourth-order valence-corrected chi connectivity index (χ4v) is 2.98. The Hall–Kier alpha value is -2.67. The number of hydrogen-bond donors (Lipinski definition) is 1. The van der Waals surface area contributed by atoms with Crippen molar-refractivity contribution in [3.05, 3.63) is 58.1 Å². The van der Waals surface area contributed by atoms with Gasteiger partial charge in [0.1, 0.15) is 5.82 Å². The quantitative estimate of drug-likeness (QED) is 0.902. The van der Waals surface area contributed by atoms with Crippen LogP contribution in [0.1, 0.15) is 34.6 Å². The number of fused-ring (bicyclic) bond motifs is 1. The molecule has 1 aromatic carbocycles. The number of nitrogens with zero attached hydrogens (tertiary/aromatic N) is 3. The number of anilines is 1. The molecule has 0 saturated carbocycles. The molecule has 0 spiro atoms. The predicted molar refractivity (Wildman–Crippen MR) is 90.4 cm³/mol. The number of hydrogen-bond acceptors (Lipinski definition) is 3. The first kappa shape index (κ1) is 17.2. The summed E-state index contributed by atoms with van der Waals surface area (Å²) in [7, 11) is 1.61. The van der Waals surface area contributed by atoms with E-state index in [4.69, 9.17) is 11.6 Å². The van der Waals surface area contributed by atoms with E-state index in [0.717, 1.165) is 0 Å². The SMILES string of the molecule is CC1c2ncc(C(=O)O)cc2N(Cc2c(F)cccc2Cl)C(=O)N1C. The third-order valence-electron chi connectivity index (χ3n) is 4.32. The number of halogens is 2. The Balaban J connectivity index is 2.12. The van der Waals surface area contributed by atoms with Gasteiger partial charge in [0.25, 0.3) is 0 Å². The first-order valence-corrected chi connectivity index (χ1v) is 7.89. The van der Waals surface area contributed by atoms with Crippen LogP contribution in [0, 0.1) is 5.82 Å². The van der Waals surface area contributed by atoms with E-state index >= 15 is 0 Å². The Labute approximate surface area is 148 Å². The van der Waals surface area contributed by atoms with Crippen molar-refractivity contribution < 1.29 is 19.1 Å². The smallest absolute Gasteiger partial charge is 0.337 e. The second-order valence-corrected chi connectivity index (χ2v) is 6.20. The zero-order valence-corrected chi connectivity index (χ0v) is 14.3. The van der Waals surface area contributed by atoms with Gasteiger partial charge >= 0.3 is 12.0 Å². The van der Waals surface area contributed by atoms with Crippen molar-refractivity contribution in [3.8, 4) is 0 Å². The molecule has 1 aliphatic rings. The normalized spacial score (nSPS) is 16.8. The van der Waals surface area contributed by atoms with Crippen molar-refractivity contribution in [3.63, 3.8) is 0 Å². The summed E-state index contributed by atoms with van der Waals surface area (Å²) in [6.07, 6.45) is 1.25. The number of carbonyl (C=O) groups is 2. The molecule has 1 atom stereocenters. The molecule has 130 valence electrons. The van der Waals surface area contributed by atoms with Crippen LogP contribution in [0.15, 0.2) is 30.5 Å². The molecule has 25 heavy (non-hydrogen) atoms. The number of carboxylic acid groups (broad SMARTS) is 1. The van der Waals surface area contributed by atoms with Crippen LogP contribution in [0.5, 0.6) is 0 Å². The second-order valence-electron chi connectivity index (χ2n) is 5.79. The molecule has 3 rings (SSSR count). The highest BCUT2D eigenvalue weighted by Crippen LogP contribution is 2.36. The van der Waals surface area contributed by atoms with Gasteiger partial charge < -0.3 is 10.0 Å². The minimum atomic E-state index is -1.15. The van der Waals surface area contributed by atoms with Crippen molar-refractivity contribution >= 4 is 29.3 Å². The molecule has 1 aliphatic heterocycles. The number of benzene rings is 1. The molecule has 0 radical (unpaired) electrons. The summed E-state index contributed by atoms with van der Waals surface area (Å²) >= 11 is 6.07. The lowest BCUT2D eigenvalue weighted by atomic mass is 10.0. The fraction of sp³-hybridized carbons (Fsp3) is 0.235. The Morgan fingerprint density at radius 3 is 2.80 bits per heavy atom. The minimum absolute atomic E-state index is 0.0482. The summed E-state index contributed by atoms with van der Waals surface area (Å²) in [5.74, 6) is -1.69. The number of carbonyl (C=O) groups excluding carboxylic acids is 1. The standard InChI is InChI=1S/C17H15ClFN3O3/c1-9-15-14(6-10(7-20-15)16(23)24)22(17(25)21(9)2)8-11-12(18)4-3-5-13(11)19/h3-7,9H,8H2,1-2H3,(H,23,24). The molecule has 2 heterocycles. The largest absolute Gasteiger partial charge is 0.478 e. The third-order valence-corrected chi connectivity index (χ3v) is 4.68. The highest BCUT2D eigenvalue weighted by molar-refractivity contribution is 6.31. The van der Waals surface area contributed by atoms with Gasteiger partial charge in [-0.1, -0.05) is 17.7 Å². The van der Waals surface area contributed by atoms with Crippen LogP contribution in [0.25, 0.3) is 0 Å². The van der Waals surface area contributed by atoms with Crippen LogP contribution in [0.4, 0.5) is 14.9 Å². The van der Waals surface area contributed by atoms with Gasteiger partial charge in [0, 0.05) is 23.8 Å². The van der Waals surface area contributed by atoms with Gasteiger partial charge in [-0.3, -0.25) is 9.88 Å². The predicted octanol–water partition coefficient (Wildman–Crippen LogP) is 3.71. The van der Waals surface area contributed by atoms with Gasteiger partial charge in [-0.05, 0) is 25.1 Å². The number of amides is 2. The molecule has 0 bridgehead atoms. The van der Waals surface area contributed by atoms with Gasteiger partial charge in [-0.25, -0.2) is 14.0 Å². The first-order chi connectivity index (χ1) is 11.8. The van der Waals surface area contributed by atoms with E-state index in [1.54, 1.807) is 14.0 Å². The lowest BCUT2D eigenvalue weighted by Gasteiger charge is -2.38. The van der Waals surface area contributed by atoms with Crippen molar-refractivity contribution in [2.24, 2.45) is 0 Å². The van der Waals surface area contributed by atoms with Crippen molar-refractivity contribution in [2.45, 2.75) is 19.5 Å². The van der Waals surface area contributed by atoms with Gasteiger partial charge in [-0.15, -0.1) is 0 Å². The summed E-state index contributed by atoms with van der Waals surface area (Å²) < 4.78 is 14.1. The first-order valence-electron chi connectivity index (χ1n) is 7.51. The Kier molecular flexibility index (Phi) is 4.34. The lowest BCUT2D eigenvalue weighted by Crippen LogP contribution is -2.47. The summed E-state index contributed by atoms with van der Waals surface area (Å²) in [5, 5.41) is 9.39. The number of aromatic nitrogens is 1. The monoisotopic (exact) mass is 363 g/mol. The number of aromatic carboxylic acids is 1. The molecule has 8 heteroatoms. The molecule has 2 amide bonds. The van der Waals surface area contributed by atoms with Gasteiger partial charge in [0.15, 0.2) is 0 Å².